The van der Waals surface area contributed by atoms with Gasteiger partial charge in [0.25, 0.3) is 0 Å². The average molecular weight is 157 g/mol. The Balaban J connectivity index is 2.24. The van der Waals surface area contributed by atoms with Crippen LogP contribution < -0.4 is 5.32 Å². The molecule has 2 N–H and O–H groups in total. The Hall–Kier alpha value is -0.610. The van der Waals surface area contributed by atoms with Crippen LogP contribution >= 0.6 is 0 Å². The minimum Gasteiger partial charge on any atom is -0.411 e. The molecular formula is C7H15N3O. The Kier molecular flexibility index (Phi) is 3.32. The van der Waals surface area contributed by atoms with Crippen LogP contribution in [0.15, 0.2) is 5.16 Å². The second-order valence-corrected chi connectivity index (χ2v) is 2.86. The number of hydrogen-bond donors (Lipinski definition) is 2. The molecule has 1 aliphatic rings. The van der Waals surface area contributed by atoms with Gasteiger partial charge < -0.3 is 10.5 Å². The third-order valence-electron chi connectivity index (χ3n) is 1.83. The van der Waals surface area contributed by atoms with E-state index in [0.29, 0.717) is 0 Å². The van der Waals surface area contributed by atoms with Gasteiger partial charge in [-0.3, -0.25) is 4.90 Å². The molecule has 1 saturated heterocycles. The van der Waals surface area contributed by atoms with E-state index in [2.05, 4.69) is 15.4 Å². The van der Waals surface area contributed by atoms with Crippen molar-refractivity contribution < 1.29 is 5.21 Å². The highest BCUT2D eigenvalue weighted by atomic mass is 16.4. The largest absolute Gasteiger partial charge is 0.411 e. The maximum atomic E-state index is 8.41. The topological polar surface area (TPSA) is 47.9 Å². The molecule has 0 aromatic rings. The summed E-state index contributed by atoms with van der Waals surface area (Å²) in [6.07, 6.45) is 0. The molecule has 4 heteroatoms. The summed E-state index contributed by atoms with van der Waals surface area (Å²) in [4.78, 5) is 2.27. The van der Waals surface area contributed by atoms with Crippen LogP contribution in [0, 0.1) is 0 Å². The van der Waals surface area contributed by atoms with Crippen molar-refractivity contribution in [3.8, 4) is 0 Å². The van der Waals surface area contributed by atoms with Crippen molar-refractivity contribution in [2.45, 2.75) is 6.92 Å². The monoisotopic (exact) mass is 157 g/mol. The molecule has 0 aromatic carbocycles. The van der Waals surface area contributed by atoms with Crippen molar-refractivity contribution in [3.63, 3.8) is 0 Å². The molecule has 0 atom stereocenters. The van der Waals surface area contributed by atoms with E-state index >= 15 is 0 Å². The minimum atomic E-state index is 0.784. The maximum Gasteiger partial charge on any atom is 0.0679 e. The Labute approximate surface area is 66.9 Å². The van der Waals surface area contributed by atoms with Crippen LogP contribution in [0.4, 0.5) is 0 Å². The molecule has 1 rings (SSSR count). The Morgan fingerprint density at radius 1 is 1.55 bits per heavy atom. The van der Waals surface area contributed by atoms with Crippen molar-refractivity contribution in [2.24, 2.45) is 5.16 Å². The predicted molar refractivity (Wildman–Crippen MR) is 44.2 cm³/mol. The first-order valence-electron chi connectivity index (χ1n) is 3.93. The summed E-state index contributed by atoms with van der Waals surface area (Å²) in [5.74, 6) is 0. The van der Waals surface area contributed by atoms with Gasteiger partial charge in [-0.15, -0.1) is 0 Å². The molecule has 0 amide bonds. The van der Waals surface area contributed by atoms with E-state index in [0.717, 1.165) is 38.4 Å². The van der Waals surface area contributed by atoms with Crippen molar-refractivity contribution in [3.05, 3.63) is 0 Å². The summed E-state index contributed by atoms with van der Waals surface area (Å²) in [5, 5.41) is 14.8. The summed E-state index contributed by atoms with van der Waals surface area (Å²) in [7, 11) is 0. The van der Waals surface area contributed by atoms with Gasteiger partial charge in [-0.2, -0.15) is 0 Å². The molecule has 0 aliphatic carbocycles. The lowest BCUT2D eigenvalue weighted by Crippen LogP contribution is -2.45. The summed E-state index contributed by atoms with van der Waals surface area (Å²) < 4.78 is 0. The summed E-state index contributed by atoms with van der Waals surface area (Å²) in [5.41, 5.74) is 0.784. The van der Waals surface area contributed by atoms with Crippen molar-refractivity contribution in [2.75, 3.05) is 32.7 Å². The predicted octanol–water partition coefficient (Wildman–Crippen LogP) is -0.258. The molecule has 0 bridgehead atoms. The lowest BCUT2D eigenvalue weighted by atomic mass is 10.3. The van der Waals surface area contributed by atoms with E-state index in [1.165, 1.54) is 0 Å². The second kappa shape index (κ2) is 4.31. The molecule has 1 heterocycles. The fourth-order valence-electron chi connectivity index (χ4n) is 1.22. The lowest BCUT2D eigenvalue weighted by Gasteiger charge is -2.26. The van der Waals surface area contributed by atoms with Gasteiger partial charge in [0.05, 0.1) is 5.71 Å². The Morgan fingerprint density at radius 3 is 2.73 bits per heavy atom. The van der Waals surface area contributed by atoms with E-state index in [9.17, 15) is 0 Å². The molecule has 11 heavy (non-hydrogen) atoms. The zero-order valence-corrected chi connectivity index (χ0v) is 6.88. The summed E-state index contributed by atoms with van der Waals surface area (Å²) in [6, 6.07) is 0. The van der Waals surface area contributed by atoms with Crippen LogP contribution in [0.3, 0.4) is 0 Å². The SMILES string of the molecule is CC(CN1CCNCC1)=NO. The molecule has 0 saturated carbocycles. The third kappa shape index (κ3) is 2.86. The molecule has 0 unspecified atom stereocenters. The van der Waals surface area contributed by atoms with Crippen molar-refractivity contribution >= 4 is 5.71 Å². The highest BCUT2D eigenvalue weighted by Crippen LogP contribution is 1.92. The summed E-state index contributed by atoms with van der Waals surface area (Å²) >= 11 is 0. The number of nitrogens with one attached hydrogen (secondary N) is 1. The smallest absolute Gasteiger partial charge is 0.0679 e. The average Bonchev–Trinajstić information content (AvgIpc) is 2.06. The van der Waals surface area contributed by atoms with Gasteiger partial charge in [0.1, 0.15) is 0 Å². The van der Waals surface area contributed by atoms with Gasteiger partial charge in [-0.1, -0.05) is 5.16 Å². The van der Waals surface area contributed by atoms with E-state index in [1.807, 2.05) is 6.92 Å². The van der Waals surface area contributed by atoms with Crippen LogP contribution in [0.5, 0.6) is 0 Å². The van der Waals surface area contributed by atoms with Gasteiger partial charge in [0, 0.05) is 32.7 Å². The Morgan fingerprint density at radius 2 is 2.18 bits per heavy atom. The van der Waals surface area contributed by atoms with E-state index in [-0.39, 0.29) is 0 Å². The standard InChI is InChI=1S/C7H15N3O/c1-7(9-11)6-10-4-2-8-3-5-10/h8,11H,2-6H2,1H3. The quantitative estimate of drug-likeness (QED) is 0.330. The number of hydrogen-bond acceptors (Lipinski definition) is 4. The van der Waals surface area contributed by atoms with Gasteiger partial charge in [0.15, 0.2) is 0 Å². The second-order valence-electron chi connectivity index (χ2n) is 2.86. The van der Waals surface area contributed by atoms with Gasteiger partial charge in [0.2, 0.25) is 0 Å². The minimum absolute atomic E-state index is 0.784. The molecular weight excluding hydrogens is 142 g/mol. The molecule has 4 nitrogen and oxygen atoms in total. The molecule has 1 aliphatic heterocycles. The highest BCUT2D eigenvalue weighted by Gasteiger charge is 2.09. The third-order valence-corrected chi connectivity index (χ3v) is 1.83. The number of piperazine rings is 1. The van der Waals surface area contributed by atoms with Crippen LogP contribution in [-0.4, -0.2) is 48.5 Å². The van der Waals surface area contributed by atoms with Gasteiger partial charge in [-0.25, -0.2) is 0 Å². The first-order chi connectivity index (χ1) is 5.33. The summed E-state index contributed by atoms with van der Waals surface area (Å²) in [6.45, 7) is 6.80. The van der Waals surface area contributed by atoms with Crippen LogP contribution in [0.25, 0.3) is 0 Å². The molecule has 0 radical (unpaired) electrons. The fourth-order valence-corrected chi connectivity index (χ4v) is 1.22. The van der Waals surface area contributed by atoms with E-state index in [4.69, 9.17) is 5.21 Å². The van der Waals surface area contributed by atoms with E-state index < -0.39 is 0 Å². The van der Waals surface area contributed by atoms with Crippen molar-refractivity contribution in [1.82, 2.24) is 10.2 Å². The normalized spacial score (nSPS) is 22.1. The zero-order valence-electron chi connectivity index (χ0n) is 6.88. The van der Waals surface area contributed by atoms with Gasteiger partial charge >= 0.3 is 0 Å². The maximum absolute atomic E-state index is 8.41. The zero-order chi connectivity index (χ0) is 8.10. The number of nitrogens with zero attached hydrogens (tertiary/aromatic N) is 2. The molecule has 1 fully saturated rings. The lowest BCUT2D eigenvalue weighted by molar-refractivity contribution is 0.264. The van der Waals surface area contributed by atoms with Crippen molar-refractivity contribution in [1.29, 1.82) is 0 Å². The Bertz CT molecular complexity index is 141. The number of rotatable bonds is 2. The van der Waals surface area contributed by atoms with Crippen LogP contribution in [0.1, 0.15) is 6.92 Å². The van der Waals surface area contributed by atoms with Crippen LogP contribution in [0.2, 0.25) is 0 Å². The highest BCUT2D eigenvalue weighted by molar-refractivity contribution is 5.83. The fraction of sp³-hybridized carbons (Fsp3) is 0.857. The van der Waals surface area contributed by atoms with Gasteiger partial charge in [-0.05, 0) is 6.92 Å². The molecule has 0 spiro atoms. The molecule has 0 aromatic heterocycles. The molecule has 64 valence electrons. The first kappa shape index (κ1) is 8.49. The first-order valence-corrected chi connectivity index (χ1v) is 3.93. The van der Waals surface area contributed by atoms with E-state index in [1.54, 1.807) is 0 Å². The van der Waals surface area contributed by atoms with Crippen LogP contribution in [-0.2, 0) is 0 Å². The number of oxime groups is 1.